The van der Waals surface area contributed by atoms with Gasteiger partial charge in [0, 0.05) is 6.42 Å². The zero-order valence-electron chi connectivity index (χ0n) is 11.5. The molecule has 3 nitrogen and oxygen atoms in total. The first-order valence-corrected chi connectivity index (χ1v) is 6.87. The van der Waals surface area contributed by atoms with E-state index in [1.165, 1.54) is 11.1 Å². The molecule has 0 amide bonds. The summed E-state index contributed by atoms with van der Waals surface area (Å²) in [5.41, 5.74) is 7.70. The highest BCUT2D eigenvalue weighted by atomic mass is 16.5. The number of ether oxygens (including phenoxy) is 1. The van der Waals surface area contributed by atoms with Gasteiger partial charge in [-0.2, -0.15) is 0 Å². The summed E-state index contributed by atoms with van der Waals surface area (Å²) in [5.74, 6) is 1.13. The van der Waals surface area contributed by atoms with Gasteiger partial charge in [-0.15, -0.1) is 0 Å². The molecule has 0 spiro atoms. The van der Waals surface area contributed by atoms with Crippen molar-refractivity contribution < 1.29 is 4.74 Å². The van der Waals surface area contributed by atoms with Gasteiger partial charge in [-0.1, -0.05) is 42.5 Å². The molecule has 2 aromatic rings. The van der Waals surface area contributed by atoms with E-state index < -0.39 is 0 Å². The first-order valence-electron chi connectivity index (χ1n) is 6.87. The van der Waals surface area contributed by atoms with Gasteiger partial charge in [0.1, 0.15) is 5.75 Å². The molecule has 3 heteroatoms. The maximum absolute atomic E-state index is 7.14. The molecule has 0 atom stereocenters. The number of benzene rings is 2. The zero-order valence-corrected chi connectivity index (χ0v) is 11.5. The lowest BCUT2D eigenvalue weighted by molar-refractivity contribution is 0.308. The van der Waals surface area contributed by atoms with E-state index in [2.05, 4.69) is 24.3 Å². The van der Waals surface area contributed by atoms with Gasteiger partial charge in [-0.3, -0.25) is 5.41 Å². The molecule has 3 N–H and O–H groups in total. The fraction of sp³-hybridized carbons (Fsp3) is 0.235. The predicted octanol–water partition coefficient (Wildman–Crippen LogP) is 3.84. The minimum atomic E-state index is 0.247. The van der Waals surface area contributed by atoms with Crippen LogP contribution in [0.1, 0.15) is 19.3 Å². The van der Waals surface area contributed by atoms with Crippen molar-refractivity contribution >= 4 is 5.84 Å². The predicted molar refractivity (Wildman–Crippen MR) is 83.1 cm³/mol. The van der Waals surface area contributed by atoms with E-state index in [0.29, 0.717) is 13.0 Å². The van der Waals surface area contributed by atoms with E-state index in [1.807, 2.05) is 30.3 Å². The molecule has 0 radical (unpaired) electrons. The zero-order chi connectivity index (χ0) is 14.2. The Labute approximate surface area is 119 Å². The third kappa shape index (κ3) is 4.43. The number of amidine groups is 1. The average molecular weight is 268 g/mol. The van der Waals surface area contributed by atoms with Crippen molar-refractivity contribution in [1.82, 2.24) is 0 Å². The average Bonchev–Trinajstić information content (AvgIpc) is 2.48. The molecule has 0 heterocycles. The first-order chi connectivity index (χ1) is 9.75. The summed E-state index contributed by atoms with van der Waals surface area (Å²) in [6, 6.07) is 18.4. The Morgan fingerprint density at radius 3 is 2.20 bits per heavy atom. The van der Waals surface area contributed by atoms with Gasteiger partial charge in [-0.05, 0) is 36.1 Å². The van der Waals surface area contributed by atoms with Crippen molar-refractivity contribution in [3.63, 3.8) is 0 Å². The van der Waals surface area contributed by atoms with Crippen LogP contribution in [0, 0.1) is 5.41 Å². The van der Waals surface area contributed by atoms with Gasteiger partial charge < -0.3 is 10.5 Å². The van der Waals surface area contributed by atoms with Crippen LogP contribution in [0.3, 0.4) is 0 Å². The lowest BCUT2D eigenvalue weighted by Gasteiger charge is -2.07. The number of nitrogens with two attached hydrogens (primary N) is 1. The van der Waals surface area contributed by atoms with E-state index in [-0.39, 0.29) is 5.84 Å². The molecule has 104 valence electrons. The van der Waals surface area contributed by atoms with Crippen LogP contribution in [-0.4, -0.2) is 12.4 Å². The van der Waals surface area contributed by atoms with E-state index in [0.717, 1.165) is 18.6 Å². The van der Waals surface area contributed by atoms with Gasteiger partial charge >= 0.3 is 0 Å². The number of unbranched alkanes of at least 4 members (excludes halogenated alkanes) is 1. The van der Waals surface area contributed by atoms with Crippen LogP contribution in [0.5, 0.6) is 5.75 Å². The Bertz CT molecular complexity index is 535. The first kappa shape index (κ1) is 14.1. The summed E-state index contributed by atoms with van der Waals surface area (Å²) < 4.78 is 5.67. The van der Waals surface area contributed by atoms with Crippen LogP contribution in [0.15, 0.2) is 54.6 Å². The van der Waals surface area contributed by atoms with Gasteiger partial charge in [0.05, 0.1) is 12.4 Å². The molecule has 0 saturated heterocycles. The van der Waals surface area contributed by atoms with Gasteiger partial charge in [-0.25, -0.2) is 0 Å². The van der Waals surface area contributed by atoms with Crippen LogP contribution >= 0.6 is 0 Å². The SMILES string of the molecule is N=C(N)CCCCOc1ccc(-c2ccccc2)cc1. The molecule has 0 aromatic heterocycles. The fourth-order valence-corrected chi connectivity index (χ4v) is 1.98. The van der Waals surface area contributed by atoms with Crippen molar-refractivity contribution in [3.8, 4) is 16.9 Å². The highest BCUT2D eigenvalue weighted by Crippen LogP contribution is 2.22. The van der Waals surface area contributed by atoms with Crippen LogP contribution in [0.2, 0.25) is 0 Å². The largest absolute Gasteiger partial charge is 0.494 e. The molecule has 0 aliphatic carbocycles. The van der Waals surface area contributed by atoms with Crippen LogP contribution < -0.4 is 10.5 Å². The van der Waals surface area contributed by atoms with Crippen molar-refractivity contribution in [2.24, 2.45) is 5.73 Å². The Hall–Kier alpha value is -2.29. The van der Waals surface area contributed by atoms with E-state index >= 15 is 0 Å². The molecule has 0 aliphatic heterocycles. The third-order valence-corrected chi connectivity index (χ3v) is 3.07. The summed E-state index contributed by atoms with van der Waals surface area (Å²) in [7, 11) is 0. The maximum atomic E-state index is 7.14. The Kier molecular flexibility index (Phi) is 5.18. The number of hydrogen-bond acceptors (Lipinski definition) is 2. The third-order valence-electron chi connectivity index (χ3n) is 3.07. The summed E-state index contributed by atoms with van der Waals surface area (Å²) in [6.07, 6.45) is 2.47. The fourth-order valence-electron chi connectivity index (χ4n) is 1.98. The van der Waals surface area contributed by atoms with E-state index in [1.54, 1.807) is 0 Å². The van der Waals surface area contributed by atoms with Crippen molar-refractivity contribution in [3.05, 3.63) is 54.6 Å². The number of hydrogen-bond donors (Lipinski definition) is 2. The quantitative estimate of drug-likeness (QED) is 0.455. The summed E-state index contributed by atoms with van der Waals surface area (Å²) in [5, 5.41) is 7.14. The van der Waals surface area contributed by atoms with E-state index in [9.17, 15) is 0 Å². The molecular formula is C17H20N2O. The van der Waals surface area contributed by atoms with E-state index in [4.69, 9.17) is 15.9 Å². The van der Waals surface area contributed by atoms with Crippen LogP contribution in [0.25, 0.3) is 11.1 Å². The summed E-state index contributed by atoms with van der Waals surface area (Å²) in [6.45, 7) is 0.665. The summed E-state index contributed by atoms with van der Waals surface area (Å²) >= 11 is 0. The summed E-state index contributed by atoms with van der Waals surface area (Å²) in [4.78, 5) is 0. The Morgan fingerprint density at radius 1 is 0.900 bits per heavy atom. The number of nitrogens with one attached hydrogen (secondary N) is 1. The second-order valence-corrected chi connectivity index (χ2v) is 4.72. The van der Waals surface area contributed by atoms with Crippen molar-refractivity contribution in [2.45, 2.75) is 19.3 Å². The molecule has 0 saturated carbocycles. The Balaban J connectivity index is 1.82. The van der Waals surface area contributed by atoms with Crippen LogP contribution in [0.4, 0.5) is 0 Å². The second-order valence-electron chi connectivity index (χ2n) is 4.72. The van der Waals surface area contributed by atoms with Crippen molar-refractivity contribution in [1.29, 1.82) is 5.41 Å². The lowest BCUT2D eigenvalue weighted by atomic mass is 10.1. The van der Waals surface area contributed by atoms with Gasteiger partial charge in [0.15, 0.2) is 0 Å². The van der Waals surface area contributed by atoms with Gasteiger partial charge in [0.25, 0.3) is 0 Å². The minimum absolute atomic E-state index is 0.247. The standard InChI is InChI=1S/C17H20N2O/c18-17(19)8-4-5-13-20-16-11-9-15(10-12-16)14-6-2-1-3-7-14/h1-3,6-7,9-12H,4-5,8,13H2,(H3,18,19). The molecular weight excluding hydrogens is 248 g/mol. The molecule has 0 bridgehead atoms. The highest BCUT2D eigenvalue weighted by Gasteiger charge is 1.98. The van der Waals surface area contributed by atoms with Crippen molar-refractivity contribution in [2.75, 3.05) is 6.61 Å². The molecule has 20 heavy (non-hydrogen) atoms. The Morgan fingerprint density at radius 2 is 1.55 bits per heavy atom. The topological polar surface area (TPSA) is 59.1 Å². The normalized spacial score (nSPS) is 10.2. The smallest absolute Gasteiger partial charge is 0.119 e. The molecule has 0 unspecified atom stereocenters. The monoisotopic (exact) mass is 268 g/mol. The maximum Gasteiger partial charge on any atom is 0.119 e. The van der Waals surface area contributed by atoms with Crippen LogP contribution in [-0.2, 0) is 0 Å². The molecule has 2 aromatic carbocycles. The molecule has 0 fully saturated rings. The van der Waals surface area contributed by atoms with Gasteiger partial charge in [0.2, 0.25) is 0 Å². The highest BCUT2D eigenvalue weighted by molar-refractivity contribution is 5.76. The molecule has 2 rings (SSSR count). The number of rotatable bonds is 7. The second kappa shape index (κ2) is 7.34. The molecule has 0 aliphatic rings. The lowest BCUT2D eigenvalue weighted by Crippen LogP contribution is -2.09. The minimum Gasteiger partial charge on any atom is -0.494 e.